The van der Waals surface area contributed by atoms with E-state index in [-0.39, 0.29) is 16.3 Å². The number of anilines is 1. The van der Waals surface area contributed by atoms with Gasteiger partial charge in [0, 0.05) is 25.7 Å². The predicted octanol–water partition coefficient (Wildman–Crippen LogP) is 0.0509. The third-order valence-electron chi connectivity index (χ3n) is 2.53. The molecule has 0 heterocycles. The molecule has 0 aliphatic rings. The number of hydrogen-bond acceptors (Lipinski definition) is 6. The van der Waals surface area contributed by atoms with Crippen molar-refractivity contribution in [1.29, 1.82) is 0 Å². The van der Waals surface area contributed by atoms with Gasteiger partial charge in [0.2, 0.25) is 15.9 Å². The second-order valence-corrected chi connectivity index (χ2v) is 5.70. The number of nitro benzene ring substituents is 1. The Bertz CT molecular complexity index is 644. The maximum atomic E-state index is 12.1. The molecule has 0 atom stereocenters. The van der Waals surface area contributed by atoms with Crippen LogP contribution in [0.4, 0.5) is 11.4 Å². The van der Waals surface area contributed by atoms with Crippen LogP contribution in [-0.4, -0.2) is 39.4 Å². The van der Waals surface area contributed by atoms with E-state index in [4.69, 9.17) is 0 Å². The lowest BCUT2D eigenvalue weighted by molar-refractivity contribution is -0.385. The first kappa shape index (κ1) is 16.9. The van der Waals surface area contributed by atoms with Gasteiger partial charge in [-0.25, -0.2) is 13.1 Å². The molecule has 116 valence electrons. The topological polar surface area (TPSA) is 130 Å². The lowest BCUT2D eigenvalue weighted by Crippen LogP contribution is -2.36. The third kappa shape index (κ3) is 4.39. The van der Waals surface area contributed by atoms with E-state index in [1.54, 1.807) is 6.92 Å². The number of likely N-dealkylation sites (N-methyl/N-ethyl adjacent to an activating group) is 1. The van der Waals surface area contributed by atoms with Gasteiger partial charge in [-0.05, 0) is 13.0 Å². The molecule has 0 saturated heterocycles. The van der Waals surface area contributed by atoms with Gasteiger partial charge in [0.25, 0.3) is 5.69 Å². The van der Waals surface area contributed by atoms with Crippen LogP contribution < -0.4 is 15.4 Å². The lowest BCUT2D eigenvalue weighted by Gasteiger charge is -2.11. The van der Waals surface area contributed by atoms with Crippen molar-refractivity contribution in [2.45, 2.75) is 11.8 Å². The Morgan fingerprint density at radius 3 is 2.57 bits per heavy atom. The zero-order valence-electron chi connectivity index (χ0n) is 11.5. The Kier molecular flexibility index (Phi) is 5.61. The molecule has 0 unspecified atom stereocenters. The van der Waals surface area contributed by atoms with Crippen molar-refractivity contribution < 1.29 is 18.1 Å². The highest BCUT2D eigenvalue weighted by Gasteiger charge is 2.22. The van der Waals surface area contributed by atoms with Gasteiger partial charge in [0.15, 0.2) is 0 Å². The van der Waals surface area contributed by atoms with Gasteiger partial charge < -0.3 is 10.6 Å². The van der Waals surface area contributed by atoms with Gasteiger partial charge in [-0.3, -0.25) is 14.9 Å². The average Bonchev–Trinajstić information content (AvgIpc) is 2.44. The van der Waals surface area contributed by atoms with Gasteiger partial charge in [0.05, 0.1) is 17.2 Å². The highest BCUT2D eigenvalue weighted by molar-refractivity contribution is 7.89. The molecule has 9 nitrogen and oxygen atoms in total. The number of nitrogens with zero attached hydrogens (tertiary/aromatic N) is 1. The molecule has 0 aliphatic heterocycles. The maximum absolute atomic E-state index is 12.1. The van der Waals surface area contributed by atoms with Crippen molar-refractivity contribution in [1.82, 2.24) is 10.0 Å². The molecule has 0 radical (unpaired) electrons. The van der Waals surface area contributed by atoms with Crippen molar-refractivity contribution >= 4 is 27.3 Å². The molecule has 1 amide bonds. The summed E-state index contributed by atoms with van der Waals surface area (Å²) < 4.78 is 26.4. The van der Waals surface area contributed by atoms with Gasteiger partial charge in [0.1, 0.15) is 4.90 Å². The standard InChI is InChI=1S/C11H16N4O5S/c1-3-13-11(16)7-14-21(19,20)10-6-8(15(17)18)4-5-9(10)12-2/h4-6,12,14H,3,7H2,1-2H3,(H,13,16). The summed E-state index contributed by atoms with van der Waals surface area (Å²) in [5.41, 5.74) is -0.156. The van der Waals surface area contributed by atoms with Crippen molar-refractivity contribution in [3.05, 3.63) is 28.3 Å². The fourth-order valence-corrected chi connectivity index (χ4v) is 2.76. The van der Waals surface area contributed by atoms with Crippen LogP contribution in [0.15, 0.2) is 23.1 Å². The molecule has 0 aromatic heterocycles. The average molecular weight is 316 g/mol. The van der Waals surface area contributed by atoms with Crippen LogP contribution >= 0.6 is 0 Å². The summed E-state index contributed by atoms with van der Waals surface area (Å²) in [5, 5.41) is 15.8. The monoisotopic (exact) mass is 316 g/mol. The molecule has 0 fully saturated rings. The molecular weight excluding hydrogens is 300 g/mol. The molecule has 0 spiro atoms. The van der Waals surface area contributed by atoms with E-state index in [0.717, 1.165) is 6.07 Å². The van der Waals surface area contributed by atoms with E-state index in [9.17, 15) is 23.3 Å². The Balaban J connectivity index is 3.08. The summed E-state index contributed by atoms with van der Waals surface area (Å²) in [5.74, 6) is -0.488. The predicted molar refractivity (Wildman–Crippen MR) is 76.5 cm³/mol. The number of non-ortho nitro benzene ring substituents is 1. The zero-order chi connectivity index (χ0) is 16.0. The number of carbonyl (C=O) groups excluding carboxylic acids is 1. The first-order valence-electron chi connectivity index (χ1n) is 6.04. The molecule has 1 aromatic rings. The fraction of sp³-hybridized carbons (Fsp3) is 0.364. The first-order chi connectivity index (χ1) is 9.81. The number of nitro groups is 1. The summed E-state index contributed by atoms with van der Waals surface area (Å²) in [4.78, 5) is 21.0. The SMILES string of the molecule is CCNC(=O)CNS(=O)(=O)c1cc([N+](=O)[O-])ccc1NC. The molecule has 10 heteroatoms. The highest BCUT2D eigenvalue weighted by atomic mass is 32.2. The number of benzene rings is 1. The molecular formula is C11H16N4O5S. The van der Waals surface area contributed by atoms with Gasteiger partial charge in [-0.2, -0.15) is 0 Å². The quantitative estimate of drug-likeness (QED) is 0.481. The maximum Gasteiger partial charge on any atom is 0.270 e. The summed E-state index contributed by atoms with van der Waals surface area (Å²) in [7, 11) is -2.56. The largest absolute Gasteiger partial charge is 0.387 e. The normalized spacial score (nSPS) is 11.0. The van der Waals surface area contributed by atoms with Crippen LogP contribution in [0.5, 0.6) is 0 Å². The second-order valence-electron chi connectivity index (χ2n) is 3.97. The summed E-state index contributed by atoms with van der Waals surface area (Å²) in [6, 6.07) is 3.42. The van der Waals surface area contributed by atoms with Crippen molar-refractivity contribution in [2.75, 3.05) is 25.5 Å². The summed E-state index contributed by atoms with van der Waals surface area (Å²) >= 11 is 0. The third-order valence-corrected chi connectivity index (χ3v) is 3.97. The number of nitrogens with one attached hydrogen (secondary N) is 3. The number of hydrogen-bond donors (Lipinski definition) is 3. The number of carbonyl (C=O) groups is 1. The minimum Gasteiger partial charge on any atom is -0.387 e. The van der Waals surface area contributed by atoms with Crippen LogP contribution in [-0.2, 0) is 14.8 Å². The van der Waals surface area contributed by atoms with Gasteiger partial charge in [-0.15, -0.1) is 0 Å². The molecule has 3 N–H and O–H groups in total. The van der Waals surface area contributed by atoms with Crippen LogP contribution in [0.2, 0.25) is 0 Å². The van der Waals surface area contributed by atoms with Crippen LogP contribution in [0.1, 0.15) is 6.92 Å². The highest BCUT2D eigenvalue weighted by Crippen LogP contribution is 2.25. The molecule has 0 saturated carbocycles. The van der Waals surface area contributed by atoms with E-state index in [2.05, 4.69) is 15.4 Å². The molecule has 1 rings (SSSR count). The van der Waals surface area contributed by atoms with Crippen LogP contribution in [0.3, 0.4) is 0 Å². The van der Waals surface area contributed by atoms with Gasteiger partial charge in [-0.1, -0.05) is 0 Å². The minimum absolute atomic E-state index is 0.198. The van der Waals surface area contributed by atoms with E-state index in [1.165, 1.54) is 19.2 Å². The first-order valence-corrected chi connectivity index (χ1v) is 7.52. The number of sulfonamides is 1. The second kappa shape index (κ2) is 6.99. The molecule has 0 aliphatic carbocycles. The fourth-order valence-electron chi connectivity index (χ4n) is 1.55. The zero-order valence-corrected chi connectivity index (χ0v) is 12.4. The van der Waals surface area contributed by atoms with E-state index < -0.39 is 27.4 Å². The summed E-state index contributed by atoms with van der Waals surface area (Å²) in [6.45, 7) is 1.63. The Hall–Kier alpha value is -2.20. The van der Waals surface area contributed by atoms with Crippen molar-refractivity contribution in [2.24, 2.45) is 0 Å². The van der Waals surface area contributed by atoms with Crippen LogP contribution in [0, 0.1) is 10.1 Å². The Labute approximate surface area is 121 Å². The Morgan fingerprint density at radius 2 is 2.05 bits per heavy atom. The minimum atomic E-state index is -4.05. The van der Waals surface area contributed by atoms with Gasteiger partial charge >= 0.3 is 0 Å². The van der Waals surface area contributed by atoms with Crippen molar-refractivity contribution in [3.8, 4) is 0 Å². The molecule has 1 aromatic carbocycles. The Morgan fingerprint density at radius 1 is 1.38 bits per heavy atom. The van der Waals surface area contributed by atoms with E-state index in [0.29, 0.717) is 6.54 Å². The number of rotatable bonds is 7. The number of amides is 1. The van der Waals surface area contributed by atoms with Crippen molar-refractivity contribution in [3.63, 3.8) is 0 Å². The summed E-state index contributed by atoms with van der Waals surface area (Å²) in [6.07, 6.45) is 0. The van der Waals surface area contributed by atoms with E-state index in [1.807, 2.05) is 0 Å². The van der Waals surface area contributed by atoms with Crippen LogP contribution in [0.25, 0.3) is 0 Å². The smallest absolute Gasteiger partial charge is 0.270 e. The van der Waals surface area contributed by atoms with E-state index >= 15 is 0 Å². The molecule has 21 heavy (non-hydrogen) atoms. The molecule has 0 bridgehead atoms. The lowest BCUT2D eigenvalue weighted by atomic mass is 10.3.